The van der Waals surface area contributed by atoms with Gasteiger partial charge in [-0.2, -0.15) is 0 Å². The highest BCUT2D eigenvalue weighted by atomic mass is 79.9. The van der Waals surface area contributed by atoms with E-state index in [9.17, 15) is 9.59 Å². The average Bonchev–Trinajstić information content (AvgIpc) is 2.28. The van der Waals surface area contributed by atoms with Crippen LogP contribution in [0.1, 0.15) is 47.5 Å². The molecule has 0 saturated heterocycles. The van der Waals surface area contributed by atoms with Crippen molar-refractivity contribution in [2.75, 3.05) is 11.9 Å². The maximum atomic E-state index is 12.0. The van der Waals surface area contributed by atoms with Gasteiger partial charge in [0.25, 0.3) is 0 Å². The van der Waals surface area contributed by atoms with Crippen molar-refractivity contribution in [1.82, 2.24) is 5.32 Å². The number of Topliss-reactive ketones (excluding diaryl/α,β-unsaturated/α-hetero) is 1. The maximum Gasteiger partial charge on any atom is 0.407 e. The second-order valence-electron chi connectivity index (χ2n) is 5.40. The number of alkyl carbamates (subject to hydrolysis) is 1. The Bertz CT molecular complexity index is 293. The van der Waals surface area contributed by atoms with Crippen molar-refractivity contribution in [2.45, 2.75) is 53.1 Å². The lowest BCUT2D eigenvalue weighted by molar-refractivity contribution is -0.126. The summed E-state index contributed by atoms with van der Waals surface area (Å²) in [7, 11) is 0. The van der Waals surface area contributed by atoms with Crippen molar-refractivity contribution in [3.63, 3.8) is 0 Å². The molecule has 0 aliphatic heterocycles. The standard InChI is InChI=1S/C13H24BrNO3/c1-6-13(7-2,10(16)8-14)9-15-11(17)18-12(3,4)5/h6-9H2,1-5H3,(H,15,17). The van der Waals surface area contributed by atoms with E-state index in [0.717, 1.165) is 0 Å². The predicted molar refractivity (Wildman–Crippen MR) is 76.1 cm³/mol. The Labute approximate surface area is 118 Å². The minimum atomic E-state index is -0.523. The van der Waals surface area contributed by atoms with Crippen molar-refractivity contribution in [3.05, 3.63) is 0 Å². The van der Waals surface area contributed by atoms with Crippen molar-refractivity contribution in [3.8, 4) is 0 Å². The first kappa shape index (κ1) is 17.4. The fourth-order valence-electron chi connectivity index (χ4n) is 1.69. The molecule has 0 bridgehead atoms. The van der Waals surface area contributed by atoms with Gasteiger partial charge >= 0.3 is 6.09 Å². The molecule has 106 valence electrons. The van der Waals surface area contributed by atoms with E-state index >= 15 is 0 Å². The van der Waals surface area contributed by atoms with Crippen molar-refractivity contribution < 1.29 is 14.3 Å². The first-order valence-corrected chi connectivity index (χ1v) is 7.39. The Balaban J connectivity index is 4.54. The van der Waals surface area contributed by atoms with Crippen molar-refractivity contribution in [2.24, 2.45) is 5.41 Å². The van der Waals surface area contributed by atoms with Gasteiger partial charge in [0.2, 0.25) is 0 Å². The predicted octanol–water partition coefficient (Wildman–Crippen LogP) is 3.28. The molecule has 0 rings (SSSR count). The van der Waals surface area contributed by atoms with E-state index in [0.29, 0.717) is 24.7 Å². The Kier molecular flexibility index (Phi) is 6.89. The summed E-state index contributed by atoms with van der Waals surface area (Å²) >= 11 is 3.19. The van der Waals surface area contributed by atoms with Crippen LogP contribution in [-0.2, 0) is 9.53 Å². The van der Waals surface area contributed by atoms with E-state index < -0.39 is 17.1 Å². The molecule has 1 N–H and O–H groups in total. The lowest BCUT2D eigenvalue weighted by Crippen LogP contribution is -2.44. The number of carbonyl (C=O) groups is 2. The van der Waals surface area contributed by atoms with Crippen LogP contribution in [0.15, 0.2) is 0 Å². The number of carbonyl (C=O) groups excluding carboxylic acids is 2. The first-order valence-electron chi connectivity index (χ1n) is 6.27. The van der Waals surface area contributed by atoms with Crippen LogP contribution < -0.4 is 5.32 Å². The number of nitrogens with one attached hydrogen (secondary N) is 1. The third-order valence-corrected chi connectivity index (χ3v) is 3.55. The molecule has 18 heavy (non-hydrogen) atoms. The summed E-state index contributed by atoms with van der Waals surface area (Å²) in [6, 6.07) is 0. The van der Waals surface area contributed by atoms with Gasteiger partial charge in [0.1, 0.15) is 5.60 Å². The highest BCUT2D eigenvalue weighted by Gasteiger charge is 2.34. The van der Waals surface area contributed by atoms with Crippen LogP contribution in [-0.4, -0.2) is 29.4 Å². The number of ketones is 1. The van der Waals surface area contributed by atoms with Crippen LogP contribution in [0.3, 0.4) is 0 Å². The van der Waals surface area contributed by atoms with E-state index in [1.807, 2.05) is 34.6 Å². The van der Waals surface area contributed by atoms with Gasteiger partial charge in [-0.15, -0.1) is 0 Å². The summed E-state index contributed by atoms with van der Waals surface area (Å²) < 4.78 is 5.16. The fraction of sp³-hybridized carbons (Fsp3) is 0.846. The lowest BCUT2D eigenvalue weighted by atomic mass is 9.79. The molecule has 0 saturated carbocycles. The number of rotatable bonds is 6. The number of alkyl halides is 1. The van der Waals surface area contributed by atoms with E-state index in [2.05, 4.69) is 21.2 Å². The normalized spacial score (nSPS) is 12.1. The summed E-state index contributed by atoms with van der Waals surface area (Å²) in [4.78, 5) is 23.5. The summed E-state index contributed by atoms with van der Waals surface area (Å²) in [6.45, 7) is 9.66. The Morgan fingerprint density at radius 1 is 1.17 bits per heavy atom. The highest BCUT2D eigenvalue weighted by Crippen LogP contribution is 2.27. The maximum absolute atomic E-state index is 12.0. The van der Waals surface area contributed by atoms with Crippen LogP contribution in [0.4, 0.5) is 4.79 Å². The van der Waals surface area contributed by atoms with Crippen LogP contribution in [0.25, 0.3) is 0 Å². The molecule has 1 amide bonds. The van der Waals surface area contributed by atoms with Gasteiger partial charge in [-0.05, 0) is 33.6 Å². The number of ether oxygens (including phenoxy) is 1. The molecule has 0 radical (unpaired) electrons. The minimum Gasteiger partial charge on any atom is -0.444 e. The van der Waals surface area contributed by atoms with Gasteiger partial charge in [-0.3, -0.25) is 4.79 Å². The summed E-state index contributed by atoms with van der Waals surface area (Å²) in [5.41, 5.74) is -1.02. The molecule has 5 heteroatoms. The molecule has 0 aliphatic rings. The molecule has 0 atom stereocenters. The molecule has 0 unspecified atom stereocenters. The van der Waals surface area contributed by atoms with E-state index in [1.54, 1.807) is 0 Å². The average molecular weight is 322 g/mol. The van der Waals surface area contributed by atoms with Gasteiger partial charge in [0.15, 0.2) is 5.78 Å². The summed E-state index contributed by atoms with van der Waals surface area (Å²) in [5.74, 6) is 0.114. The lowest BCUT2D eigenvalue weighted by Gasteiger charge is -2.30. The fourth-order valence-corrected chi connectivity index (χ4v) is 2.28. The van der Waals surface area contributed by atoms with Crippen LogP contribution in [0, 0.1) is 5.41 Å². The van der Waals surface area contributed by atoms with Gasteiger partial charge in [0.05, 0.1) is 5.33 Å². The third kappa shape index (κ3) is 5.38. The Morgan fingerprint density at radius 2 is 1.67 bits per heavy atom. The molecule has 0 aromatic carbocycles. The van der Waals surface area contributed by atoms with Gasteiger partial charge in [-0.1, -0.05) is 29.8 Å². The zero-order valence-electron chi connectivity index (χ0n) is 11.9. The largest absolute Gasteiger partial charge is 0.444 e. The second-order valence-corrected chi connectivity index (χ2v) is 5.96. The zero-order valence-corrected chi connectivity index (χ0v) is 13.5. The Hall–Kier alpha value is -0.580. The first-order chi connectivity index (χ1) is 8.20. The molecular formula is C13H24BrNO3. The summed E-state index contributed by atoms with van der Waals surface area (Å²) in [6.07, 6.45) is 0.921. The molecule has 0 heterocycles. The highest BCUT2D eigenvalue weighted by molar-refractivity contribution is 9.09. The molecular weight excluding hydrogens is 298 g/mol. The monoisotopic (exact) mass is 321 g/mol. The molecule has 4 nitrogen and oxygen atoms in total. The molecule has 0 fully saturated rings. The number of amides is 1. The SMILES string of the molecule is CCC(CC)(CNC(=O)OC(C)(C)C)C(=O)CBr. The molecule has 0 aromatic rings. The second kappa shape index (κ2) is 7.12. The quantitative estimate of drug-likeness (QED) is 0.764. The van der Waals surface area contributed by atoms with Crippen LogP contribution in [0.5, 0.6) is 0 Å². The summed E-state index contributed by atoms with van der Waals surface area (Å²) in [5, 5.41) is 3.00. The molecule has 0 aromatic heterocycles. The number of hydrogen-bond acceptors (Lipinski definition) is 3. The van der Waals surface area contributed by atoms with Crippen LogP contribution >= 0.6 is 15.9 Å². The van der Waals surface area contributed by atoms with Crippen LogP contribution in [0.2, 0.25) is 0 Å². The van der Waals surface area contributed by atoms with E-state index in [-0.39, 0.29) is 5.78 Å². The molecule has 0 spiro atoms. The topological polar surface area (TPSA) is 55.4 Å². The zero-order chi connectivity index (χ0) is 14.4. The van der Waals surface area contributed by atoms with E-state index in [4.69, 9.17) is 4.74 Å². The Morgan fingerprint density at radius 3 is 2.00 bits per heavy atom. The van der Waals surface area contributed by atoms with E-state index in [1.165, 1.54) is 0 Å². The van der Waals surface area contributed by atoms with Crippen molar-refractivity contribution in [1.29, 1.82) is 0 Å². The van der Waals surface area contributed by atoms with Gasteiger partial charge in [-0.25, -0.2) is 4.79 Å². The van der Waals surface area contributed by atoms with Gasteiger partial charge < -0.3 is 10.1 Å². The third-order valence-electron chi connectivity index (χ3n) is 3.04. The smallest absolute Gasteiger partial charge is 0.407 e. The van der Waals surface area contributed by atoms with Crippen molar-refractivity contribution >= 4 is 27.8 Å². The molecule has 0 aliphatic carbocycles. The number of hydrogen-bond donors (Lipinski definition) is 1. The van der Waals surface area contributed by atoms with Gasteiger partial charge in [0, 0.05) is 12.0 Å². The minimum absolute atomic E-state index is 0.114. The number of halogens is 1.